The molecule has 140 valence electrons. The van der Waals surface area contributed by atoms with Gasteiger partial charge < -0.3 is 5.32 Å². The molecule has 4 aromatic rings. The van der Waals surface area contributed by atoms with Crippen LogP contribution in [-0.4, -0.2) is 30.5 Å². The third-order valence-electron chi connectivity index (χ3n) is 4.30. The summed E-state index contributed by atoms with van der Waals surface area (Å²) in [5, 5.41) is 12.2. The molecule has 0 aliphatic rings. The number of thiazole rings is 1. The minimum atomic E-state index is -0.316. The molecule has 3 aromatic heterocycles. The van der Waals surface area contributed by atoms with Gasteiger partial charge in [-0.3, -0.25) is 14.2 Å². The number of nitrogens with one attached hydrogen (secondary N) is 1. The molecule has 0 atom stereocenters. The van der Waals surface area contributed by atoms with E-state index in [-0.39, 0.29) is 24.2 Å². The predicted molar refractivity (Wildman–Crippen MR) is 103 cm³/mol. The fourth-order valence-electron chi connectivity index (χ4n) is 3.08. The van der Waals surface area contributed by atoms with E-state index in [1.54, 1.807) is 12.3 Å². The van der Waals surface area contributed by atoms with Crippen molar-refractivity contribution in [2.45, 2.75) is 39.8 Å². The summed E-state index contributed by atoms with van der Waals surface area (Å²) in [7, 11) is 0. The Balaban J connectivity index is 1.46. The van der Waals surface area contributed by atoms with Crippen molar-refractivity contribution in [1.82, 2.24) is 24.5 Å². The van der Waals surface area contributed by atoms with E-state index in [0.717, 1.165) is 16.7 Å². The standard InChI is InChI=1S/C18H19FN6OS/c1-10(2)25-14-9-20-24(17(14)11(3)23-25)7-6-16(26)22-18-21-13-5-4-12(19)8-15(13)27-18/h4-5,8-10H,6-7H2,1-3H3,(H,21,22,26). The van der Waals surface area contributed by atoms with Crippen molar-refractivity contribution < 1.29 is 9.18 Å². The quantitative estimate of drug-likeness (QED) is 0.564. The minimum absolute atomic E-state index is 0.160. The van der Waals surface area contributed by atoms with Crippen LogP contribution in [0.3, 0.4) is 0 Å². The van der Waals surface area contributed by atoms with E-state index in [1.165, 1.54) is 23.5 Å². The molecule has 7 nitrogen and oxygen atoms in total. The van der Waals surface area contributed by atoms with Crippen LogP contribution in [0.2, 0.25) is 0 Å². The number of hydrogen-bond donors (Lipinski definition) is 1. The average molecular weight is 386 g/mol. The number of benzene rings is 1. The van der Waals surface area contributed by atoms with Crippen molar-refractivity contribution in [3.63, 3.8) is 0 Å². The Hall–Kier alpha value is -2.81. The largest absolute Gasteiger partial charge is 0.302 e. The smallest absolute Gasteiger partial charge is 0.228 e. The number of nitrogens with zero attached hydrogens (tertiary/aromatic N) is 5. The number of amides is 1. The lowest BCUT2D eigenvalue weighted by atomic mass is 10.3. The van der Waals surface area contributed by atoms with Gasteiger partial charge in [-0.05, 0) is 39.0 Å². The summed E-state index contributed by atoms with van der Waals surface area (Å²) in [4.78, 5) is 16.6. The number of carbonyl (C=O) groups excluding carboxylic acids is 1. The fourth-order valence-corrected chi connectivity index (χ4v) is 3.99. The molecule has 27 heavy (non-hydrogen) atoms. The monoisotopic (exact) mass is 386 g/mol. The first kappa shape index (κ1) is 17.6. The molecule has 1 N–H and O–H groups in total. The van der Waals surface area contributed by atoms with Crippen LogP contribution in [0.4, 0.5) is 9.52 Å². The van der Waals surface area contributed by atoms with Gasteiger partial charge in [0.1, 0.15) is 16.9 Å². The highest BCUT2D eigenvalue weighted by atomic mass is 32.1. The van der Waals surface area contributed by atoms with Crippen molar-refractivity contribution in [3.8, 4) is 0 Å². The molecular formula is C18H19FN6OS. The Morgan fingerprint density at radius 2 is 2.19 bits per heavy atom. The maximum atomic E-state index is 13.3. The molecule has 0 aliphatic heterocycles. The zero-order valence-electron chi connectivity index (χ0n) is 15.2. The fraction of sp³-hybridized carbons (Fsp3) is 0.333. The first-order valence-corrected chi connectivity index (χ1v) is 9.50. The summed E-state index contributed by atoms with van der Waals surface area (Å²) >= 11 is 1.26. The molecule has 0 saturated heterocycles. The van der Waals surface area contributed by atoms with Gasteiger partial charge in [0, 0.05) is 12.5 Å². The lowest BCUT2D eigenvalue weighted by Crippen LogP contribution is -2.14. The number of hydrogen-bond acceptors (Lipinski definition) is 5. The SMILES string of the molecule is Cc1nn(C(C)C)c2cnn(CCC(=O)Nc3nc4ccc(F)cc4s3)c12. The van der Waals surface area contributed by atoms with Gasteiger partial charge in [0.15, 0.2) is 5.13 Å². The summed E-state index contributed by atoms with van der Waals surface area (Å²) in [5.74, 6) is -0.476. The second kappa shape index (κ2) is 6.73. The summed E-state index contributed by atoms with van der Waals surface area (Å²) in [6.07, 6.45) is 2.04. The molecule has 0 saturated carbocycles. The van der Waals surface area contributed by atoms with Gasteiger partial charge in [-0.1, -0.05) is 11.3 Å². The van der Waals surface area contributed by atoms with Crippen LogP contribution in [0.1, 0.15) is 32.0 Å². The number of fused-ring (bicyclic) bond motifs is 2. The number of halogens is 1. The molecular weight excluding hydrogens is 367 g/mol. The third-order valence-corrected chi connectivity index (χ3v) is 5.24. The highest BCUT2D eigenvalue weighted by molar-refractivity contribution is 7.22. The number of anilines is 1. The van der Waals surface area contributed by atoms with Crippen LogP contribution >= 0.6 is 11.3 Å². The van der Waals surface area contributed by atoms with Crippen molar-refractivity contribution in [3.05, 3.63) is 35.9 Å². The normalized spacial score (nSPS) is 11.7. The molecule has 0 aliphatic carbocycles. The Labute approximate surface area is 158 Å². The highest BCUT2D eigenvalue weighted by Crippen LogP contribution is 2.26. The van der Waals surface area contributed by atoms with Gasteiger partial charge in [-0.2, -0.15) is 10.2 Å². The number of aromatic nitrogens is 5. The molecule has 0 unspecified atom stereocenters. The van der Waals surface area contributed by atoms with E-state index in [4.69, 9.17) is 0 Å². The average Bonchev–Trinajstić information content (AvgIpc) is 3.27. The molecule has 0 fully saturated rings. The predicted octanol–water partition coefficient (Wildman–Crippen LogP) is 3.90. The van der Waals surface area contributed by atoms with Gasteiger partial charge in [-0.25, -0.2) is 9.37 Å². The zero-order valence-corrected chi connectivity index (χ0v) is 16.0. The van der Waals surface area contributed by atoms with Gasteiger partial charge in [0.05, 0.1) is 28.7 Å². The van der Waals surface area contributed by atoms with Crippen LogP contribution in [-0.2, 0) is 11.3 Å². The highest BCUT2D eigenvalue weighted by Gasteiger charge is 2.16. The van der Waals surface area contributed by atoms with Crippen LogP contribution in [0.25, 0.3) is 21.3 Å². The third kappa shape index (κ3) is 3.30. The molecule has 9 heteroatoms. The topological polar surface area (TPSA) is 77.6 Å². The van der Waals surface area contributed by atoms with Crippen molar-refractivity contribution >= 4 is 43.6 Å². The first-order chi connectivity index (χ1) is 12.9. The molecule has 0 spiro atoms. The molecule has 3 heterocycles. The molecule has 1 amide bonds. The Bertz CT molecular complexity index is 1140. The van der Waals surface area contributed by atoms with Gasteiger partial charge in [-0.15, -0.1) is 0 Å². The van der Waals surface area contributed by atoms with Crippen LogP contribution in [0.15, 0.2) is 24.4 Å². The molecule has 4 rings (SSSR count). The Kier molecular flexibility index (Phi) is 4.39. The van der Waals surface area contributed by atoms with E-state index >= 15 is 0 Å². The zero-order chi connectivity index (χ0) is 19.1. The van der Waals surface area contributed by atoms with E-state index < -0.39 is 0 Å². The maximum Gasteiger partial charge on any atom is 0.228 e. The van der Waals surface area contributed by atoms with E-state index in [2.05, 4.69) is 34.3 Å². The molecule has 0 radical (unpaired) electrons. The van der Waals surface area contributed by atoms with E-state index in [9.17, 15) is 9.18 Å². The first-order valence-electron chi connectivity index (χ1n) is 8.69. The maximum absolute atomic E-state index is 13.3. The lowest BCUT2D eigenvalue weighted by molar-refractivity contribution is -0.116. The second-order valence-electron chi connectivity index (χ2n) is 6.65. The second-order valence-corrected chi connectivity index (χ2v) is 7.69. The molecule has 0 bridgehead atoms. The van der Waals surface area contributed by atoms with E-state index in [0.29, 0.717) is 21.9 Å². The lowest BCUT2D eigenvalue weighted by Gasteiger charge is -2.04. The van der Waals surface area contributed by atoms with E-state index in [1.807, 2.05) is 16.3 Å². The number of rotatable bonds is 5. The Morgan fingerprint density at radius 3 is 2.96 bits per heavy atom. The van der Waals surface area contributed by atoms with Crippen LogP contribution < -0.4 is 5.32 Å². The van der Waals surface area contributed by atoms with Crippen molar-refractivity contribution in [1.29, 1.82) is 0 Å². The summed E-state index contributed by atoms with van der Waals surface area (Å²) in [5.41, 5.74) is 3.48. The number of carbonyl (C=O) groups is 1. The molecule has 1 aromatic carbocycles. The van der Waals surface area contributed by atoms with Gasteiger partial charge >= 0.3 is 0 Å². The number of aryl methyl sites for hydroxylation is 2. The van der Waals surface area contributed by atoms with Crippen molar-refractivity contribution in [2.75, 3.05) is 5.32 Å². The minimum Gasteiger partial charge on any atom is -0.302 e. The van der Waals surface area contributed by atoms with Crippen molar-refractivity contribution in [2.24, 2.45) is 0 Å². The summed E-state index contributed by atoms with van der Waals surface area (Å²) < 4.78 is 17.7. The van der Waals surface area contributed by atoms with Crippen LogP contribution in [0.5, 0.6) is 0 Å². The summed E-state index contributed by atoms with van der Waals surface area (Å²) in [6.45, 7) is 6.53. The van der Waals surface area contributed by atoms with Gasteiger partial charge in [0.2, 0.25) is 5.91 Å². The Morgan fingerprint density at radius 1 is 1.37 bits per heavy atom. The summed E-state index contributed by atoms with van der Waals surface area (Å²) in [6, 6.07) is 4.62. The van der Waals surface area contributed by atoms with Crippen LogP contribution in [0, 0.1) is 12.7 Å². The van der Waals surface area contributed by atoms with Gasteiger partial charge in [0.25, 0.3) is 0 Å².